The van der Waals surface area contributed by atoms with E-state index >= 15 is 0 Å². The summed E-state index contributed by atoms with van der Waals surface area (Å²) in [7, 11) is -1.24. The molecule has 0 saturated heterocycles. The van der Waals surface area contributed by atoms with Crippen LogP contribution in [0.15, 0.2) is 97.1 Å². The quantitative estimate of drug-likeness (QED) is 0.197. The molecule has 4 heteroatoms. The number of para-hydroxylation sites is 1. The fourth-order valence-electron chi connectivity index (χ4n) is 4.50. The summed E-state index contributed by atoms with van der Waals surface area (Å²) in [4.78, 5) is 0. The standard InChI is InChI=1S/C33H37NOP.Ti/c1-32(2,3)25-21-24(31(35)28(22-25)33(4,5)6)23-34-29-19-13-14-20-30(29)36(26-15-9-7-10-16-26)27-17-11-8-12-18-27;/h7-22,35H,23H2,1-6H3;/q-1;/p+1. The molecule has 0 fully saturated rings. The van der Waals surface area contributed by atoms with Crippen LogP contribution in [0.3, 0.4) is 0 Å². The molecule has 0 heterocycles. The van der Waals surface area contributed by atoms with Crippen molar-refractivity contribution in [3.05, 3.63) is 119 Å². The number of phenols is 1. The smallest absolute Gasteiger partial charge is 0.120 e. The Bertz CT molecular complexity index is 1270. The van der Waals surface area contributed by atoms with Crippen molar-refractivity contribution < 1.29 is 26.8 Å². The molecule has 190 valence electrons. The fraction of sp³-hybridized carbons (Fsp3) is 0.273. The molecule has 0 amide bonds. The molecule has 0 saturated carbocycles. The van der Waals surface area contributed by atoms with Crippen LogP contribution in [0.1, 0.15) is 58.2 Å². The van der Waals surface area contributed by atoms with Crippen LogP contribution in [-0.2, 0) is 39.1 Å². The Balaban J connectivity index is 0.00000380. The van der Waals surface area contributed by atoms with Crippen molar-refractivity contribution in [2.75, 3.05) is 0 Å². The van der Waals surface area contributed by atoms with E-state index in [1.165, 1.54) is 21.5 Å². The number of hydrogen-bond donors (Lipinski definition) is 1. The van der Waals surface area contributed by atoms with Gasteiger partial charge in [0.05, 0.1) is 13.2 Å². The first-order valence-corrected chi connectivity index (χ1v) is 14.2. The van der Waals surface area contributed by atoms with Crippen LogP contribution in [0, 0.1) is 0 Å². The second-order valence-electron chi connectivity index (χ2n) is 11.5. The minimum absolute atomic E-state index is 0. The number of hydrogen-bond acceptors (Lipinski definition) is 1. The summed E-state index contributed by atoms with van der Waals surface area (Å²) in [6, 6.07) is 34.3. The number of aromatic hydroxyl groups is 1. The average molecular weight is 544 g/mol. The molecule has 0 aliphatic rings. The molecule has 2 nitrogen and oxygen atoms in total. The second-order valence-corrected chi connectivity index (χ2v) is 13.9. The second kappa shape index (κ2) is 12.0. The summed E-state index contributed by atoms with van der Waals surface area (Å²) >= 11 is 0. The van der Waals surface area contributed by atoms with E-state index in [-0.39, 0.29) is 32.5 Å². The van der Waals surface area contributed by atoms with Crippen molar-refractivity contribution in [2.45, 2.75) is 58.9 Å². The van der Waals surface area contributed by atoms with Gasteiger partial charge in [0.25, 0.3) is 0 Å². The van der Waals surface area contributed by atoms with E-state index in [1.54, 1.807) is 0 Å². The van der Waals surface area contributed by atoms with Crippen molar-refractivity contribution in [1.82, 2.24) is 0 Å². The first kappa shape index (κ1) is 29.2. The van der Waals surface area contributed by atoms with Crippen LogP contribution in [0.4, 0.5) is 5.69 Å². The van der Waals surface area contributed by atoms with Crippen LogP contribution in [0.5, 0.6) is 5.75 Å². The van der Waals surface area contributed by atoms with E-state index in [9.17, 15) is 5.11 Å². The first-order chi connectivity index (χ1) is 17.1. The number of phenolic OH excluding ortho intramolecular Hbond substituents is 1. The van der Waals surface area contributed by atoms with Crippen molar-refractivity contribution in [1.29, 1.82) is 0 Å². The van der Waals surface area contributed by atoms with Gasteiger partial charge in [-0.3, -0.25) is 0 Å². The van der Waals surface area contributed by atoms with E-state index in [0.717, 1.165) is 16.8 Å². The van der Waals surface area contributed by atoms with Crippen LogP contribution in [-0.4, -0.2) is 5.11 Å². The van der Waals surface area contributed by atoms with Gasteiger partial charge in [0.15, 0.2) is 0 Å². The van der Waals surface area contributed by atoms with Crippen LogP contribution >= 0.6 is 7.92 Å². The zero-order valence-electron chi connectivity index (χ0n) is 22.8. The van der Waals surface area contributed by atoms with E-state index in [0.29, 0.717) is 12.3 Å². The maximum absolute atomic E-state index is 11.3. The Morgan fingerprint density at radius 3 is 1.70 bits per heavy atom. The third kappa shape index (κ3) is 6.94. The Kier molecular flexibility index (Phi) is 9.46. The summed E-state index contributed by atoms with van der Waals surface area (Å²) < 4.78 is 0. The maximum atomic E-state index is 11.3. The molecule has 0 aliphatic heterocycles. The molecule has 0 aromatic heterocycles. The van der Waals surface area contributed by atoms with Crippen LogP contribution in [0.2, 0.25) is 0 Å². The SMILES string of the molecule is CC(C)(C)c1cc(C[N-]c2ccccc2[PH+](c2ccccc2)c2ccccc2)c(O)c(C(C)(C)C)c1.[Ti]. The molecule has 0 spiro atoms. The third-order valence-corrected chi connectivity index (χ3v) is 9.36. The Morgan fingerprint density at radius 2 is 1.19 bits per heavy atom. The molecule has 0 atom stereocenters. The molecule has 37 heavy (non-hydrogen) atoms. The van der Waals surface area contributed by atoms with Crippen LogP contribution in [0.25, 0.3) is 5.32 Å². The molecule has 1 N–H and O–H groups in total. The van der Waals surface area contributed by atoms with E-state index in [1.807, 2.05) is 0 Å². The van der Waals surface area contributed by atoms with Crippen molar-refractivity contribution in [3.8, 4) is 5.75 Å². The molecular weight excluding hydrogens is 505 g/mol. The van der Waals surface area contributed by atoms with Gasteiger partial charge in [0, 0.05) is 21.7 Å². The summed E-state index contributed by atoms with van der Waals surface area (Å²) in [5.41, 5.74) is 3.91. The molecular formula is C33H38NOPTi. The first-order valence-electron chi connectivity index (χ1n) is 12.7. The van der Waals surface area contributed by atoms with Crippen LogP contribution < -0.4 is 15.9 Å². The third-order valence-electron chi connectivity index (χ3n) is 6.58. The Hall–Kier alpha value is -2.38. The topological polar surface area (TPSA) is 34.3 Å². The minimum atomic E-state index is -1.24. The van der Waals surface area contributed by atoms with E-state index in [4.69, 9.17) is 5.32 Å². The fourth-order valence-corrected chi connectivity index (χ4v) is 7.19. The molecule has 0 bridgehead atoms. The molecule has 4 rings (SSSR count). The summed E-state index contributed by atoms with van der Waals surface area (Å²) in [5.74, 6) is 0.369. The Morgan fingerprint density at radius 1 is 0.676 bits per heavy atom. The Labute approximate surface area is 239 Å². The van der Waals surface area contributed by atoms with Crippen molar-refractivity contribution >= 4 is 29.5 Å². The van der Waals surface area contributed by atoms with Gasteiger partial charge < -0.3 is 10.4 Å². The number of rotatable bonds is 6. The monoisotopic (exact) mass is 543 g/mol. The van der Waals surface area contributed by atoms with Gasteiger partial charge in [-0.25, -0.2) is 0 Å². The predicted octanol–water partition coefficient (Wildman–Crippen LogP) is 7.68. The van der Waals surface area contributed by atoms with Gasteiger partial charge in [0.1, 0.15) is 16.4 Å². The normalized spacial score (nSPS) is 11.8. The summed E-state index contributed by atoms with van der Waals surface area (Å²) in [5, 5.41) is 20.3. The minimum Gasteiger partial charge on any atom is -0.677 e. The molecule has 0 aliphatic carbocycles. The summed E-state index contributed by atoms with van der Waals surface area (Å²) in [6.45, 7) is 13.6. The number of nitrogens with zero attached hydrogens (tertiary/aromatic N) is 1. The van der Waals surface area contributed by atoms with Gasteiger partial charge in [-0.2, -0.15) is 0 Å². The largest absolute Gasteiger partial charge is 0.677 e. The van der Waals surface area contributed by atoms with Gasteiger partial charge >= 0.3 is 0 Å². The van der Waals surface area contributed by atoms with Crippen molar-refractivity contribution in [3.63, 3.8) is 0 Å². The predicted molar refractivity (Wildman–Crippen MR) is 159 cm³/mol. The maximum Gasteiger partial charge on any atom is 0.120 e. The van der Waals surface area contributed by atoms with E-state index in [2.05, 4.69) is 139 Å². The van der Waals surface area contributed by atoms with Gasteiger partial charge in [-0.1, -0.05) is 114 Å². The average Bonchev–Trinajstić information content (AvgIpc) is 2.84. The molecule has 0 radical (unpaired) electrons. The van der Waals surface area contributed by atoms with Gasteiger partial charge in [-0.05, 0) is 57.9 Å². The molecule has 0 unspecified atom stereocenters. The zero-order chi connectivity index (χ0) is 25.9. The van der Waals surface area contributed by atoms with Crippen molar-refractivity contribution in [2.24, 2.45) is 0 Å². The van der Waals surface area contributed by atoms with E-state index < -0.39 is 7.92 Å². The zero-order valence-corrected chi connectivity index (χ0v) is 25.4. The van der Waals surface area contributed by atoms with Gasteiger partial charge in [-0.15, -0.1) is 6.54 Å². The molecule has 4 aromatic rings. The summed E-state index contributed by atoms with van der Waals surface area (Å²) in [6.07, 6.45) is 0. The van der Waals surface area contributed by atoms with Gasteiger partial charge in [0.2, 0.25) is 0 Å². The molecule has 4 aromatic carbocycles. The number of benzene rings is 4.